The molecule has 0 amide bonds. The van der Waals surface area contributed by atoms with Gasteiger partial charge in [-0.3, -0.25) is 0 Å². The van der Waals surface area contributed by atoms with Crippen LogP contribution in [0.4, 0.5) is 5.69 Å². The Morgan fingerprint density at radius 2 is 2.05 bits per heavy atom. The summed E-state index contributed by atoms with van der Waals surface area (Å²) in [5, 5.41) is 4.66. The van der Waals surface area contributed by atoms with Crippen LogP contribution in [0.1, 0.15) is 39.7 Å². The third kappa shape index (κ3) is 3.33. The van der Waals surface area contributed by atoms with Crippen LogP contribution in [0.5, 0.6) is 0 Å². The number of rotatable bonds is 4. The van der Waals surface area contributed by atoms with Crippen LogP contribution in [0.3, 0.4) is 0 Å². The molecule has 2 rings (SSSR count). The number of nitrogen functional groups attached to an aromatic ring is 1. The topological polar surface area (TPSA) is 50.9 Å². The van der Waals surface area contributed by atoms with Crippen molar-refractivity contribution >= 4 is 17.0 Å². The van der Waals surface area contributed by atoms with Crippen LogP contribution in [0.25, 0.3) is 0 Å². The van der Waals surface area contributed by atoms with Gasteiger partial charge >= 0.3 is 0 Å². The van der Waals surface area contributed by atoms with E-state index in [1.165, 1.54) is 10.4 Å². The number of hydrogen-bond acceptors (Lipinski definition) is 4. The third-order valence-electron chi connectivity index (χ3n) is 3.29. The minimum absolute atomic E-state index is 0.314. The van der Waals surface area contributed by atoms with Gasteiger partial charge in [0.05, 0.1) is 10.7 Å². The lowest BCUT2D eigenvalue weighted by Gasteiger charge is -2.13. The van der Waals surface area contributed by atoms with E-state index < -0.39 is 0 Å². The largest absolute Gasteiger partial charge is 0.399 e. The summed E-state index contributed by atoms with van der Waals surface area (Å²) < 4.78 is 0. The number of aryl methyl sites for hydroxylation is 3. The molecule has 2 aromatic rings. The quantitative estimate of drug-likeness (QED) is 0.840. The zero-order valence-corrected chi connectivity index (χ0v) is 12.8. The van der Waals surface area contributed by atoms with Crippen molar-refractivity contribution in [3.05, 3.63) is 44.9 Å². The standard InChI is InChI=1S/C15H21N3S/c1-9-5-6-13(7-14(9)16)8-17-10(2)15-11(3)18-12(4)19-15/h5-7,10,17H,8,16H2,1-4H3. The van der Waals surface area contributed by atoms with E-state index in [1.807, 2.05) is 13.0 Å². The number of nitrogens with zero attached hydrogens (tertiary/aromatic N) is 1. The van der Waals surface area contributed by atoms with Crippen LogP contribution in [-0.2, 0) is 6.54 Å². The average molecular weight is 275 g/mol. The summed E-state index contributed by atoms with van der Waals surface area (Å²) in [6.07, 6.45) is 0. The van der Waals surface area contributed by atoms with E-state index in [0.29, 0.717) is 6.04 Å². The average Bonchev–Trinajstić information content (AvgIpc) is 2.70. The molecule has 3 nitrogen and oxygen atoms in total. The Hall–Kier alpha value is -1.39. The normalized spacial score (nSPS) is 12.6. The lowest BCUT2D eigenvalue weighted by molar-refractivity contribution is 0.579. The van der Waals surface area contributed by atoms with Crippen molar-refractivity contribution in [2.45, 2.75) is 40.3 Å². The van der Waals surface area contributed by atoms with Gasteiger partial charge in [0.2, 0.25) is 0 Å². The fraction of sp³-hybridized carbons (Fsp3) is 0.400. The van der Waals surface area contributed by atoms with E-state index in [2.05, 4.69) is 43.2 Å². The van der Waals surface area contributed by atoms with E-state index in [4.69, 9.17) is 5.73 Å². The molecule has 0 fully saturated rings. The van der Waals surface area contributed by atoms with Crippen molar-refractivity contribution in [3.63, 3.8) is 0 Å². The Balaban J connectivity index is 2.02. The van der Waals surface area contributed by atoms with Crippen LogP contribution >= 0.6 is 11.3 Å². The lowest BCUT2D eigenvalue weighted by atomic mass is 10.1. The Morgan fingerprint density at radius 1 is 1.32 bits per heavy atom. The van der Waals surface area contributed by atoms with Crippen molar-refractivity contribution in [2.24, 2.45) is 0 Å². The number of thiazole rings is 1. The third-order valence-corrected chi connectivity index (χ3v) is 4.54. The highest BCUT2D eigenvalue weighted by Crippen LogP contribution is 2.24. The minimum atomic E-state index is 0.314. The van der Waals surface area contributed by atoms with Gasteiger partial charge in [0, 0.05) is 23.2 Å². The highest BCUT2D eigenvalue weighted by Gasteiger charge is 2.12. The molecule has 0 aliphatic carbocycles. The van der Waals surface area contributed by atoms with E-state index in [1.54, 1.807) is 11.3 Å². The van der Waals surface area contributed by atoms with E-state index in [-0.39, 0.29) is 0 Å². The highest BCUT2D eigenvalue weighted by atomic mass is 32.1. The second kappa shape index (κ2) is 5.72. The number of benzene rings is 1. The van der Waals surface area contributed by atoms with Gasteiger partial charge in [-0.2, -0.15) is 0 Å². The number of nitrogens with one attached hydrogen (secondary N) is 1. The molecule has 3 N–H and O–H groups in total. The van der Waals surface area contributed by atoms with Crippen molar-refractivity contribution in [2.75, 3.05) is 5.73 Å². The molecule has 0 aliphatic heterocycles. The van der Waals surface area contributed by atoms with Gasteiger partial charge in [0.25, 0.3) is 0 Å². The van der Waals surface area contributed by atoms with Crippen molar-refractivity contribution in [1.29, 1.82) is 0 Å². The van der Waals surface area contributed by atoms with Crippen LogP contribution < -0.4 is 11.1 Å². The summed E-state index contributed by atoms with van der Waals surface area (Å²) in [5.41, 5.74) is 10.3. The summed E-state index contributed by atoms with van der Waals surface area (Å²) >= 11 is 1.76. The number of hydrogen-bond donors (Lipinski definition) is 2. The van der Waals surface area contributed by atoms with E-state index in [0.717, 1.165) is 28.5 Å². The fourth-order valence-corrected chi connectivity index (χ4v) is 3.07. The molecule has 0 radical (unpaired) electrons. The van der Waals surface area contributed by atoms with Crippen LogP contribution in [0.15, 0.2) is 18.2 Å². The number of aromatic nitrogens is 1. The maximum absolute atomic E-state index is 5.93. The molecule has 0 saturated heterocycles. The Kier molecular flexibility index (Phi) is 4.22. The number of anilines is 1. The van der Waals surface area contributed by atoms with Gasteiger partial charge in [0.1, 0.15) is 0 Å². The van der Waals surface area contributed by atoms with Crippen molar-refractivity contribution in [3.8, 4) is 0 Å². The Labute approximate surface area is 118 Å². The predicted octanol–water partition coefficient (Wildman–Crippen LogP) is 3.50. The molecule has 102 valence electrons. The zero-order chi connectivity index (χ0) is 14.0. The predicted molar refractivity (Wildman–Crippen MR) is 82.4 cm³/mol. The summed E-state index contributed by atoms with van der Waals surface area (Å²) in [6.45, 7) is 9.15. The lowest BCUT2D eigenvalue weighted by Crippen LogP contribution is -2.18. The first-order valence-corrected chi connectivity index (χ1v) is 7.31. The smallest absolute Gasteiger partial charge is 0.0900 e. The first-order chi connectivity index (χ1) is 8.97. The molecule has 0 spiro atoms. The molecule has 4 heteroatoms. The SMILES string of the molecule is Cc1nc(C)c(C(C)NCc2ccc(C)c(N)c2)s1. The van der Waals surface area contributed by atoms with Crippen LogP contribution in [0.2, 0.25) is 0 Å². The second-order valence-electron chi connectivity index (χ2n) is 4.98. The van der Waals surface area contributed by atoms with Gasteiger partial charge in [-0.25, -0.2) is 4.98 Å². The monoisotopic (exact) mass is 275 g/mol. The first-order valence-electron chi connectivity index (χ1n) is 6.49. The highest BCUT2D eigenvalue weighted by molar-refractivity contribution is 7.11. The minimum Gasteiger partial charge on any atom is -0.399 e. The van der Waals surface area contributed by atoms with Crippen LogP contribution in [0, 0.1) is 20.8 Å². The second-order valence-corrected chi connectivity index (χ2v) is 6.21. The molecule has 0 saturated carbocycles. The van der Waals surface area contributed by atoms with Gasteiger partial charge < -0.3 is 11.1 Å². The van der Waals surface area contributed by atoms with Gasteiger partial charge in [-0.05, 0) is 44.9 Å². The van der Waals surface area contributed by atoms with E-state index in [9.17, 15) is 0 Å². The molecule has 1 aromatic carbocycles. The van der Waals surface area contributed by atoms with Crippen LogP contribution in [-0.4, -0.2) is 4.98 Å². The van der Waals surface area contributed by atoms with Crippen molar-refractivity contribution in [1.82, 2.24) is 10.3 Å². The van der Waals surface area contributed by atoms with Crippen molar-refractivity contribution < 1.29 is 0 Å². The maximum atomic E-state index is 5.93. The molecule has 1 atom stereocenters. The summed E-state index contributed by atoms with van der Waals surface area (Å²) in [6, 6.07) is 6.54. The molecular formula is C15H21N3S. The summed E-state index contributed by atoms with van der Waals surface area (Å²) in [7, 11) is 0. The molecule has 0 aliphatic rings. The zero-order valence-electron chi connectivity index (χ0n) is 11.9. The molecular weight excluding hydrogens is 254 g/mol. The first kappa shape index (κ1) is 14.0. The Morgan fingerprint density at radius 3 is 2.63 bits per heavy atom. The van der Waals surface area contributed by atoms with Gasteiger partial charge in [0.15, 0.2) is 0 Å². The maximum Gasteiger partial charge on any atom is 0.0900 e. The summed E-state index contributed by atoms with van der Waals surface area (Å²) in [5.74, 6) is 0. The molecule has 1 unspecified atom stereocenters. The number of nitrogens with two attached hydrogens (primary N) is 1. The molecule has 1 aromatic heterocycles. The van der Waals surface area contributed by atoms with E-state index >= 15 is 0 Å². The summed E-state index contributed by atoms with van der Waals surface area (Å²) in [4.78, 5) is 5.79. The van der Waals surface area contributed by atoms with Gasteiger partial charge in [-0.15, -0.1) is 11.3 Å². The fourth-order valence-electron chi connectivity index (χ4n) is 2.11. The molecule has 0 bridgehead atoms. The van der Waals surface area contributed by atoms with Gasteiger partial charge in [-0.1, -0.05) is 12.1 Å². The Bertz CT molecular complexity index is 575. The molecule has 1 heterocycles. The molecule has 19 heavy (non-hydrogen) atoms.